The van der Waals surface area contributed by atoms with Crippen LogP contribution >= 0.6 is 0 Å². The molecule has 1 aliphatic heterocycles. The van der Waals surface area contributed by atoms with E-state index in [9.17, 15) is 0 Å². The summed E-state index contributed by atoms with van der Waals surface area (Å²) >= 11 is 0. The van der Waals surface area contributed by atoms with Gasteiger partial charge < -0.3 is 10.6 Å². The smallest absolute Gasteiger partial charge is 0.191 e. The predicted molar refractivity (Wildman–Crippen MR) is 89.3 cm³/mol. The molecular formula is C16H23N7. The molecule has 0 spiro atoms. The van der Waals surface area contributed by atoms with Crippen LogP contribution in [-0.2, 0) is 19.4 Å². The summed E-state index contributed by atoms with van der Waals surface area (Å²) in [6.07, 6.45) is 8.32. The normalized spacial score (nSPS) is 17.7. The molecule has 0 radical (unpaired) electrons. The Morgan fingerprint density at radius 2 is 2.39 bits per heavy atom. The van der Waals surface area contributed by atoms with Crippen molar-refractivity contribution in [2.24, 2.45) is 4.99 Å². The van der Waals surface area contributed by atoms with Gasteiger partial charge in [-0.15, -0.1) is 0 Å². The highest BCUT2D eigenvalue weighted by Crippen LogP contribution is 2.11. The van der Waals surface area contributed by atoms with Crippen LogP contribution in [0.5, 0.6) is 0 Å². The van der Waals surface area contributed by atoms with Gasteiger partial charge in [-0.1, -0.05) is 0 Å². The number of nitrogens with one attached hydrogen (secondary N) is 2. The van der Waals surface area contributed by atoms with Crippen molar-refractivity contribution in [2.45, 2.75) is 38.8 Å². The third kappa shape index (κ3) is 3.85. The number of fused-ring (bicyclic) bond motifs is 1. The van der Waals surface area contributed by atoms with Gasteiger partial charge in [0.2, 0.25) is 0 Å². The fraction of sp³-hybridized carbons (Fsp3) is 0.500. The topological polar surface area (TPSA) is 80.0 Å². The first-order valence-corrected chi connectivity index (χ1v) is 7.99. The summed E-state index contributed by atoms with van der Waals surface area (Å²) in [5.41, 5.74) is 2.54. The summed E-state index contributed by atoms with van der Waals surface area (Å²) in [5.74, 6) is 1.91. The molecule has 3 heterocycles. The molecule has 1 unspecified atom stereocenters. The molecule has 7 nitrogen and oxygen atoms in total. The molecule has 23 heavy (non-hydrogen) atoms. The maximum absolute atomic E-state index is 4.32. The summed E-state index contributed by atoms with van der Waals surface area (Å²) in [4.78, 5) is 12.7. The molecule has 0 saturated heterocycles. The van der Waals surface area contributed by atoms with E-state index in [0.29, 0.717) is 6.04 Å². The minimum atomic E-state index is 0.332. The van der Waals surface area contributed by atoms with Gasteiger partial charge >= 0.3 is 0 Å². The van der Waals surface area contributed by atoms with Crippen molar-refractivity contribution >= 4 is 5.96 Å². The highest BCUT2D eigenvalue weighted by molar-refractivity contribution is 5.79. The molecule has 2 aromatic heterocycles. The van der Waals surface area contributed by atoms with E-state index in [2.05, 4.69) is 43.7 Å². The van der Waals surface area contributed by atoms with Gasteiger partial charge in [0.15, 0.2) is 5.96 Å². The van der Waals surface area contributed by atoms with Crippen LogP contribution in [0.2, 0.25) is 0 Å². The highest BCUT2D eigenvalue weighted by Gasteiger charge is 2.20. The molecular weight excluding hydrogens is 290 g/mol. The number of rotatable bonds is 4. The molecule has 0 saturated carbocycles. The Morgan fingerprint density at radius 3 is 3.22 bits per heavy atom. The average Bonchev–Trinajstić information content (AvgIpc) is 3.03. The fourth-order valence-electron chi connectivity index (χ4n) is 2.84. The summed E-state index contributed by atoms with van der Waals surface area (Å²) < 4.78 is 1.97. The largest absolute Gasteiger partial charge is 0.356 e. The lowest BCUT2D eigenvalue weighted by Crippen LogP contribution is -2.47. The van der Waals surface area contributed by atoms with E-state index in [1.165, 1.54) is 11.1 Å². The Labute approximate surface area is 136 Å². The number of hydrogen-bond acceptors (Lipinski definition) is 4. The van der Waals surface area contributed by atoms with Gasteiger partial charge in [-0.05, 0) is 37.0 Å². The van der Waals surface area contributed by atoms with Crippen LogP contribution in [0.3, 0.4) is 0 Å². The second kappa shape index (κ2) is 7.21. The molecule has 0 aliphatic carbocycles. The summed E-state index contributed by atoms with van der Waals surface area (Å²) in [6.45, 7) is 3.76. The first kappa shape index (κ1) is 15.5. The van der Waals surface area contributed by atoms with Crippen molar-refractivity contribution in [3.8, 4) is 0 Å². The molecule has 122 valence electrons. The average molecular weight is 313 g/mol. The van der Waals surface area contributed by atoms with Gasteiger partial charge in [-0.3, -0.25) is 9.98 Å². The lowest BCUT2D eigenvalue weighted by molar-refractivity contribution is 0.393. The summed E-state index contributed by atoms with van der Waals surface area (Å²) in [5, 5.41) is 11.1. The third-order valence-electron chi connectivity index (χ3n) is 4.19. The van der Waals surface area contributed by atoms with Crippen molar-refractivity contribution in [2.75, 3.05) is 13.6 Å². The number of nitrogens with zero attached hydrogens (tertiary/aromatic N) is 5. The SMILES string of the molecule is CN=C(NCCc1ccncc1C)NC1CCc2ncnn2C1. The Hall–Kier alpha value is -2.44. The molecule has 1 atom stereocenters. The number of pyridine rings is 1. The molecule has 0 amide bonds. The van der Waals surface area contributed by atoms with Crippen LogP contribution < -0.4 is 10.6 Å². The van der Waals surface area contributed by atoms with Crippen LogP contribution in [0.15, 0.2) is 29.8 Å². The molecule has 0 fully saturated rings. The second-order valence-electron chi connectivity index (χ2n) is 5.79. The van der Waals surface area contributed by atoms with Gasteiger partial charge in [0.1, 0.15) is 12.2 Å². The van der Waals surface area contributed by atoms with Crippen LogP contribution in [0.1, 0.15) is 23.4 Å². The van der Waals surface area contributed by atoms with E-state index < -0.39 is 0 Å². The molecule has 0 bridgehead atoms. The summed E-state index contributed by atoms with van der Waals surface area (Å²) in [7, 11) is 1.80. The first-order chi connectivity index (χ1) is 11.3. The zero-order valence-corrected chi connectivity index (χ0v) is 13.7. The molecule has 7 heteroatoms. The minimum absolute atomic E-state index is 0.332. The molecule has 2 N–H and O–H groups in total. The van der Waals surface area contributed by atoms with E-state index >= 15 is 0 Å². The maximum atomic E-state index is 4.32. The zero-order chi connectivity index (χ0) is 16.1. The number of aliphatic imine (C=N–C) groups is 1. The Bertz CT molecular complexity index is 677. The van der Waals surface area contributed by atoms with Gasteiger partial charge in [-0.25, -0.2) is 9.67 Å². The second-order valence-corrected chi connectivity index (χ2v) is 5.79. The van der Waals surface area contributed by atoms with E-state index in [1.807, 2.05) is 17.1 Å². The van der Waals surface area contributed by atoms with Crippen LogP contribution in [0.25, 0.3) is 0 Å². The predicted octanol–water partition coefficient (Wildman–Crippen LogP) is 0.704. The standard InChI is InChI=1S/C16H23N7/c1-12-9-18-7-5-13(12)6-8-19-16(17-2)22-14-3-4-15-20-11-21-23(15)10-14/h5,7,9,11,14H,3-4,6,8,10H2,1-2H3,(H2,17,19,22). The maximum Gasteiger partial charge on any atom is 0.191 e. The fourth-order valence-corrected chi connectivity index (χ4v) is 2.84. The number of hydrogen-bond donors (Lipinski definition) is 2. The number of aromatic nitrogens is 4. The molecule has 2 aromatic rings. The molecule has 3 rings (SSSR count). The Balaban J connectivity index is 1.48. The van der Waals surface area contributed by atoms with E-state index in [4.69, 9.17) is 0 Å². The van der Waals surface area contributed by atoms with Gasteiger partial charge in [0.25, 0.3) is 0 Å². The van der Waals surface area contributed by atoms with Gasteiger partial charge in [-0.2, -0.15) is 5.10 Å². The third-order valence-corrected chi connectivity index (χ3v) is 4.19. The van der Waals surface area contributed by atoms with Crippen molar-refractivity contribution in [3.05, 3.63) is 41.7 Å². The summed E-state index contributed by atoms with van der Waals surface area (Å²) in [6, 6.07) is 2.40. The molecule has 1 aliphatic rings. The van der Waals surface area contributed by atoms with Crippen molar-refractivity contribution in [3.63, 3.8) is 0 Å². The van der Waals surface area contributed by atoms with E-state index in [0.717, 1.165) is 44.1 Å². The van der Waals surface area contributed by atoms with Crippen molar-refractivity contribution in [1.82, 2.24) is 30.4 Å². The minimum Gasteiger partial charge on any atom is -0.356 e. The first-order valence-electron chi connectivity index (χ1n) is 7.99. The monoisotopic (exact) mass is 313 g/mol. The zero-order valence-electron chi connectivity index (χ0n) is 13.7. The highest BCUT2D eigenvalue weighted by atomic mass is 15.4. The van der Waals surface area contributed by atoms with Gasteiger partial charge in [0.05, 0.1) is 6.54 Å². The number of guanidine groups is 1. The van der Waals surface area contributed by atoms with Crippen LogP contribution in [0.4, 0.5) is 0 Å². The van der Waals surface area contributed by atoms with E-state index in [-0.39, 0.29) is 0 Å². The van der Waals surface area contributed by atoms with Crippen molar-refractivity contribution in [1.29, 1.82) is 0 Å². The Kier molecular flexibility index (Phi) is 4.85. The van der Waals surface area contributed by atoms with Crippen LogP contribution in [-0.4, -0.2) is 45.3 Å². The van der Waals surface area contributed by atoms with Gasteiger partial charge in [0, 0.05) is 38.4 Å². The van der Waals surface area contributed by atoms with E-state index in [1.54, 1.807) is 13.4 Å². The van der Waals surface area contributed by atoms with Crippen molar-refractivity contribution < 1.29 is 0 Å². The lowest BCUT2D eigenvalue weighted by atomic mass is 10.1. The molecule has 0 aromatic carbocycles. The quantitative estimate of drug-likeness (QED) is 0.642. The number of aryl methyl sites for hydroxylation is 2. The van der Waals surface area contributed by atoms with Crippen LogP contribution in [0, 0.1) is 6.92 Å². The lowest BCUT2D eigenvalue weighted by Gasteiger charge is -2.25. The Morgan fingerprint density at radius 1 is 1.48 bits per heavy atom.